The lowest BCUT2D eigenvalue weighted by Crippen LogP contribution is -2.58. The number of carbonyl (C=O) groups is 2. The summed E-state index contributed by atoms with van der Waals surface area (Å²) >= 11 is 0. The molecular formula is C20H29N3O3. The van der Waals surface area contributed by atoms with E-state index in [-0.39, 0.29) is 23.9 Å². The fourth-order valence-corrected chi connectivity index (χ4v) is 4.72. The van der Waals surface area contributed by atoms with E-state index >= 15 is 0 Å². The number of carbonyl (C=O) groups excluding carboxylic acids is 2. The first-order chi connectivity index (χ1) is 12.2. The van der Waals surface area contributed by atoms with Gasteiger partial charge in [-0.05, 0) is 52.4 Å². The van der Waals surface area contributed by atoms with Crippen LogP contribution >= 0.6 is 0 Å². The van der Waals surface area contributed by atoms with Crippen LogP contribution in [-0.4, -0.2) is 40.6 Å². The molecule has 2 bridgehead atoms. The molecule has 6 nitrogen and oxygen atoms in total. The highest BCUT2D eigenvalue weighted by Gasteiger charge is 2.56. The Balaban J connectivity index is 1.86. The van der Waals surface area contributed by atoms with Crippen molar-refractivity contribution in [2.75, 3.05) is 0 Å². The van der Waals surface area contributed by atoms with E-state index in [1.54, 1.807) is 25.7 Å². The Morgan fingerprint density at radius 2 is 1.96 bits per heavy atom. The molecule has 2 saturated carbocycles. The summed E-state index contributed by atoms with van der Waals surface area (Å²) in [6, 6.07) is 1.31. The molecular weight excluding hydrogens is 330 g/mol. The number of ether oxygens (including phenoxy) is 1. The molecule has 2 amide bonds. The number of fused-ring (bicyclic) bond motifs is 1. The van der Waals surface area contributed by atoms with Crippen molar-refractivity contribution in [3.8, 4) is 6.07 Å². The van der Waals surface area contributed by atoms with Gasteiger partial charge in [0.25, 0.3) is 0 Å². The van der Waals surface area contributed by atoms with Crippen LogP contribution in [0.5, 0.6) is 0 Å². The molecule has 6 heteroatoms. The number of nitrogens with zero attached hydrogens (tertiary/aromatic N) is 2. The molecule has 0 radical (unpaired) electrons. The minimum absolute atomic E-state index is 0.128. The van der Waals surface area contributed by atoms with E-state index in [0.29, 0.717) is 0 Å². The molecule has 0 aromatic rings. The minimum Gasteiger partial charge on any atom is -0.444 e. The summed E-state index contributed by atoms with van der Waals surface area (Å²) < 4.78 is 5.40. The highest BCUT2D eigenvalue weighted by Crippen LogP contribution is 2.48. The van der Waals surface area contributed by atoms with Gasteiger partial charge in [-0.1, -0.05) is 18.9 Å². The third kappa shape index (κ3) is 3.20. The van der Waals surface area contributed by atoms with Gasteiger partial charge in [-0.25, -0.2) is 4.79 Å². The van der Waals surface area contributed by atoms with Gasteiger partial charge in [0.05, 0.1) is 6.07 Å². The lowest BCUT2D eigenvalue weighted by Gasteiger charge is -2.38. The summed E-state index contributed by atoms with van der Waals surface area (Å²) in [6.45, 7) is 9.35. The fourth-order valence-electron chi connectivity index (χ4n) is 4.72. The molecule has 4 fully saturated rings. The molecule has 2 heterocycles. The van der Waals surface area contributed by atoms with Crippen molar-refractivity contribution in [1.82, 2.24) is 10.2 Å². The van der Waals surface area contributed by atoms with Crippen LogP contribution in [-0.2, 0) is 9.53 Å². The van der Waals surface area contributed by atoms with Crippen LogP contribution in [0.4, 0.5) is 4.79 Å². The molecule has 0 spiro atoms. The molecule has 142 valence electrons. The van der Waals surface area contributed by atoms with Gasteiger partial charge >= 0.3 is 6.09 Å². The number of nitriles is 1. The van der Waals surface area contributed by atoms with E-state index in [1.807, 2.05) is 6.08 Å². The molecule has 1 N–H and O–H groups in total. The Labute approximate surface area is 155 Å². The predicted octanol–water partition coefficient (Wildman–Crippen LogP) is 3.14. The van der Waals surface area contributed by atoms with Crippen molar-refractivity contribution >= 4 is 12.0 Å². The molecule has 2 atom stereocenters. The Bertz CT molecular complexity index is 634. The smallest absolute Gasteiger partial charge is 0.408 e. The van der Waals surface area contributed by atoms with Gasteiger partial charge in [-0.15, -0.1) is 6.58 Å². The Morgan fingerprint density at radius 3 is 2.46 bits per heavy atom. The van der Waals surface area contributed by atoms with Gasteiger partial charge in [-0.2, -0.15) is 5.26 Å². The predicted molar refractivity (Wildman–Crippen MR) is 97.0 cm³/mol. The maximum absolute atomic E-state index is 13.5. The number of rotatable bonds is 4. The normalized spacial score (nSPS) is 30.1. The van der Waals surface area contributed by atoms with Gasteiger partial charge in [0.1, 0.15) is 17.7 Å². The molecule has 2 unspecified atom stereocenters. The van der Waals surface area contributed by atoms with Crippen molar-refractivity contribution in [2.24, 2.45) is 11.3 Å². The lowest BCUT2D eigenvalue weighted by molar-refractivity contribution is -0.137. The third-order valence-electron chi connectivity index (χ3n) is 6.10. The van der Waals surface area contributed by atoms with Crippen molar-refractivity contribution in [3.05, 3.63) is 12.7 Å². The van der Waals surface area contributed by atoms with Crippen LogP contribution in [0.25, 0.3) is 0 Å². The highest BCUT2D eigenvalue weighted by molar-refractivity contribution is 5.88. The van der Waals surface area contributed by atoms with Crippen molar-refractivity contribution in [2.45, 2.75) is 83.0 Å². The highest BCUT2D eigenvalue weighted by atomic mass is 16.6. The summed E-state index contributed by atoms with van der Waals surface area (Å²) in [4.78, 5) is 27.6. The number of hydrogen-bond donors (Lipinski definition) is 1. The van der Waals surface area contributed by atoms with Crippen molar-refractivity contribution < 1.29 is 14.3 Å². The Kier molecular flexibility index (Phi) is 4.76. The van der Waals surface area contributed by atoms with Gasteiger partial charge in [0, 0.05) is 11.5 Å². The molecule has 2 saturated heterocycles. The zero-order valence-electron chi connectivity index (χ0n) is 16.0. The van der Waals surface area contributed by atoms with Crippen LogP contribution in [0.1, 0.15) is 59.3 Å². The number of hydrogen-bond acceptors (Lipinski definition) is 4. The SMILES string of the molecule is C=CC1(C(NC(=O)OC(C)(C)C)C(=O)N2C3CC(C3)C2C#N)CCCC1. The van der Waals surface area contributed by atoms with Gasteiger partial charge in [-0.3, -0.25) is 4.79 Å². The second kappa shape index (κ2) is 6.61. The van der Waals surface area contributed by atoms with E-state index in [0.717, 1.165) is 38.5 Å². The van der Waals surface area contributed by atoms with Gasteiger partial charge in [0.2, 0.25) is 5.91 Å². The summed E-state index contributed by atoms with van der Waals surface area (Å²) in [7, 11) is 0. The van der Waals surface area contributed by atoms with Crippen LogP contribution in [0, 0.1) is 22.7 Å². The number of alkyl carbamates (subject to hydrolysis) is 1. The first-order valence-corrected chi connectivity index (χ1v) is 9.56. The maximum atomic E-state index is 13.5. The molecule has 0 aromatic carbocycles. The molecule has 26 heavy (non-hydrogen) atoms. The van der Waals surface area contributed by atoms with E-state index in [4.69, 9.17) is 4.74 Å². The minimum atomic E-state index is -0.729. The molecule has 4 aliphatic rings. The van der Waals surface area contributed by atoms with E-state index in [2.05, 4.69) is 18.0 Å². The van der Waals surface area contributed by atoms with E-state index in [1.165, 1.54) is 0 Å². The van der Waals surface area contributed by atoms with Crippen LogP contribution in [0.2, 0.25) is 0 Å². The van der Waals surface area contributed by atoms with E-state index < -0.39 is 23.2 Å². The average molecular weight is 359 g/mol. The van der Waals surface area contributed by atoms with Crippen molar-refractivity contribution in [1.29, 1.82) is 5.26 Å². The van der Waals surface area contributed by atoms with Crippen molar-refractivity contribution in [3.63, 3.8) is 0 Å². The first-order valence-electron chi connectivity index (χ1n) is 9.56. The number of amides is 2. The topological polar surface area (TPSA) is 82.4 Å². The van der Waals surface area contributed by atoms with Crippen LogP contribution in [0.3, 0.4) is 0 Å². The lowest BCUT2D eigenvalue weighted by atomic mass is 9.77. The summed E-state index contributed by atoms with van der Waals surface area (Å²) in [5, 5.41) is 12.3. The average Bonchev–Trinajstić information content (AvgIpc) is 3.21. The standard InChI is InChI=1S/C20H29N3O3/c1-5-20(8-6-7-9-20)16(22-18(25)26-19(2,3)4)17(24)23-14-10-13(11-14)15(23)12-21/h5,13-16H,1,6-11H2,2-4H3,(H,22,25). The van der Waals surface area contributed by atoms with Crippen LogP contribution < -0.4 is 5.32 Å². The zero-order valence-corrected chi connectivity index (χ0v) is 16.0. The van der Waals surface area contributed by atoms with Gasteiger partial charge < -0.3 is 15.0 Å². The fraction of sp³-hybridized carbons (Fsp3) is 0.750. The monoisotopic (exact) mass is 359 g/mol. The maximum Gasteiger partial charge on any atom is 0.408 e. The molecule has 2 aliphatic carbocycles. The zero-order chi connectivity index (χ0) is 19.1. The first kappa shape index (κ1) is 18.8. The molecule has 0 aromatic heterocycles. The second-order valence-corrected chi connectivity index (χ2v) is 8.93. The van der Waals surface area contributed by atoms with E-state index in [9.17, 15) is 14.9 Å². The summed E-state index contributed by atoms with van der Waals surface area (Å²) in [6.07, 6.45) is 6.63. The number of nitrogens with one attached hydrogen (secondary N) is 1. The Hall–Kier alpha value is -2.03. The second-order valence-electron chi connectivity index (χ2n) is 8.93. The van der Waals surface area contributed by atoms with Crippen LogP contribution in [0.15, 0.2) is 12.7 Å². The van der Waals surface area contributed by atoms with Gasteiger partial charge in [0.15, 0.2) is 0 Å². The third-order valence-corrected chi connectivity index (χ3v) is 6.10. The quantitative estimate of drug-likeness (QED) is 0.782. The molecule has 2 aliphatic heterocycles. The molecule has 4 rings (SSSR count). The summed E-state index contributed by atoms with van der Waals surface area (Å²) in [5.74, 6) is 0.119. The summed E-state index contributed by atoms with van der Waals surface area (Å²) in [5.41, 5.74) is -1.11. The largest absolute Gasteiger partial charge is 0.444 e. The Morgan fingerprint density at radius 1 is 1.35 bits per heavy atom.